The molecule has 0 spiro atoms. The number of hydrogen-bond donors (Lipinski definition) is 0. The van der Waals surface area contributed by atoms with Gasteiger partial charge in [-0.15, -0.1) is 0 Å². The Labute approximate surface area is 185 Å². The van der Waals surface area contributed by atoms with Gasteiger partial charge in [-0.05, 0) is 56.8 Å². The molecule has 0 N–H and O–H groups in total. The highest BCUT2D eigenvalue weighted by Gasteiger charge is 2.31. The first-order valence-electron chi connectivity index (χ1n) is 11.1. The fourth-order valence-electron chi connectivity index (χ4n) is 4.48. The number of piperidine rings is 1. The van der Waals surface area contributed by atoms with Gasteiger partial charge in [0.25, 0.3) is 5.91 Å². The van der Waals surface area contributed by atoms with Crippen LogP contribution in [0.4, 0.5) is 13.2 Å². The lowest BCUT2D eigenvalue weighted by molar-refractivity contribution is -0.137. The number of carbonyl (C=O) groups excluding carboxylic acids is 1. The molecule has 0 unspecified atom stereocenters. The summed E-state index contributed by atoms with van der Waals surface area (Å²) in [5, 5.41) is 4.21. The van der Waals surface area contributed by atoms with Gasteiger partial charge in [0.05, 0.1) is 41.9 Å². The Hall–Kier alpha value is -2.39. The standard InChI is InChI=1S/C23H29F3N4O2/c1-17-21(16-27-30(17)20-4-2-3-19(15-20)23(24,25)26)22(31)29-9-6-18(7-10-29)5-8-28-11-13-32-14-12-28/h2-4,15-16,18H,5-14H2,1H3. The van der Waals surface area contributed by atoms with Crippen molar-refractivity contribution in [3.8, 4) is 5.69 Å². The number of amides is 1. The van der Waals surface area contributed by atoms with Crippen molar-refractivity contribution in [3.63, 3.8) is 0 Å². The second-order valence-electron chi connectivity index (χ2n) is 8.58. The highest BCUT2D eigenvalue weighted by molar-refractivity contribution is 5.95. The van der Waals surface area contributed by atoms with Crippen LogP contribution in [0, 0.1) is 12.8 Å². The van der Waals surface area contributed by atoms with Crippen molar-refractivity contribution in [1.82, 2.24) is 19.6 Å². The van der Waals surface area contributed by atoms with Gasteiger partial charge in [-0.2, -0.15) is 18.3 Å². The Morgan fingerprint density at radius 2 is 1.88 bits per heavy atom. The molecular weight excluding hydrogens is 421 g/mol. The first kappa shape index (κ1) is 22.8. The molecule has 0 saturated carbocycles. The van der Waals surface area contributed by atoms with Crippen molar-refractivity contribution in [2.45, 2.75) is 32.4 Å². The fraction of sp³-hybridized carbons (Fsp3) is 0.565. The van der Waals surface area contributed by atoms with Crippen LogP contribution in [0.3, 0.4) is 0 Å². The number of aromatic nitrogens is 2. The lowest BCUT2D eigenvalue weighted by atomic mass is 9.93. The van der Waals surface area contributed by atoms with Gasteiger partial charge < -0.3 is 9.64 Å². The van der Waals surface area contributed by atoms with Crippen LogP contribution in [-0.2, 0) is 10.9 Å². The Kier molecular flexibility index (Phi) is 6.85. The molecule has 1 aromatic carbocycles. The SMILES string of the molecule is Cc1c(C(=O)N2CCC(CCN3CCOCC3)CC2)cnn1-c1cccc(C(F)(F)F)c1. The highest BCUT2D eigenvalue weighted by Crippen LogP contribution is 2.31. The van der Waals surface area contributed by atoms with E-state index in [1.807, 2.05) is 4.90 Å². The van der Waals surface area contributed by atoms with E-state index < -0.39 is 11.7 Å². The lowest BCUT2D eigenvalue weighted by Crippen LogP contribution is -2.41. The van der Waals surface area contributed by atoms with Crippen molar-refractivity contribution < 1.29 is 22.7 Å². The number of ether oxygens (including phenoxy) is 1. The fourth-order valence-corrected chi connectivity index (χ4v) is 4.48. The Balaban J connectivity index is 1.36. The first-order valence-corrected chi connectivity index (χ1v) is 11.1. The quantitative estimate of drug-likeness (QED) is 0.696. The predicted molar refractivity (Wildman–Crippen MR) is 114 cm³/mol. The van der Waals surface area contributed by atoms with Crippen LogP contribution < -0.4 is 0 Å². The Bertz CT molecular complexity index is 930. The van der Waals surface area contributed by atoms with E-state index in [-0.39, 0.29) is 11.6 Å². The van der Waals surface area contributed by atoms with E-state index in [1.54, 1.807) is 13.0 Å². The van der Waals surface area contributed by atoms with E-state index in [9.17, 15) is 18.0 Å². The molecule has 2 aromatic rings. The molecule has 0 aliphatic carbocycles. The van der Waals surface area contributed by atoms with E-state index in [2.05, 4.69) is 10.00 Å². The minimum Gasteiger partial charge on any atom is -0.379 e. The van der Waals surface area contributed by atoms with Gasteiger partial charge in [-0.1, -0.05) is 6.07 Å². The molecule has 2 saturated heterocycles. The second kappa shape index (κ2) is 9.62. The number of benzene rings is 1. The van der Waals surface area contributed by atoms with Crippen LogP contribution in [-0.4, -0.2) is 71.4 Å². The molecule has 1 amide bonds. The molecule has 32 heavy (non-hydrogen) atoms. The number of likely N-dealkylation sites (tertiary alicyclic amines) is 1. The van der Waals surface area contributed by atoms with E-state index in [1.165, 1.54) is 16.9 Å². The summed E-state index contributed by atoms with van der Waals surface area (Å²) in [5.74, 6) is 0.503. The van der Waals surface area contributed by atoms with Gasteiger partial charge in [-0.3, -0.25) is 9.69 Å². The van der Waals surface area contributed by atoms with Gasteiger partial charge in [0.2, 0.25) is 0 Å². The largest absolute Gasteiger partial charge is 0.416 e. The van der Waals surface area contributed by atoms with Gasteiger partial charge in [0.15, 0.2) is 0 Å². The van der Waals surface area contributed by atoms with E-state index in [4.69, 9.17) is 4.74 Å². The molecule has 9 heteroatoms. The van der Waals surface area contributed by atoms with Crippen LogP contribution in [0.25, 0.3) is 5.69 Å². The summed E-state index contributed by atoms with van der Waals surface area (Å²) in [5.41, 5.74) is 0.535. The number of nitrogens with zero attached hydrogens (tertiary/aromatic N) is 4. The molecule has 2 fully saturated rings. The zero-order valence-corrected chi connectivity index (χ0v) is 18.3. The molecule has 6 nitrogen and oxygen atoms in total. The summed E-state index contributed by atoms with van der Waals surface area (Å²) in [4.78, 5) is 17.3. The minimum atomic E-state index is -4.43. The van der Waals surface area contributed by atoms with E-state index in [0.29, 0.717) is 30.3 Å². The molecule has 174 valence electrons. The molecule has 2 aliphatic rings. The molecule has 0 bridgehead atoms. The zero-order chi connectivity index (χ0) is 22.7. The molecule has 4 rings (SSSR count). The van der Waals surface area contributed by atoms with Crippen LogP contribution in [0.1, 0.15) is 40.9 Å². The number of morpholine rings is 1. The van der Waals surface area contributed by atoms with Crippen molar-refractivity contribution in [1.29, 1.82) is 0 Å². The molecule has 1 aromatic heterocycles. The number of halogens is 3. The van der Waals surface area contributed by atoms with Gasteiger partial charge in [0, 0.05) is 26.2 Å². The lowest BCUT2D eigenvalue weighted by Gasteiger charge is -2.34. The van der Waals surface area contributed by atoms with E-state index >= 15 is 0 Å². The van der Waals surface area contributed by atoms with Crippen molar-refractivity contribution in [2.75, 3.05) is 45.9 Å². The molecule has 3 heterocycles. The van der Waals surface area contributed by atoms with Crippen molar-refractivity contribution in [2.24, 2.45) is 5.92 Å². The van der Waals surface area contributed by atoms with Crippen LogP contribution in [0.2, 0.25) is 0 Å². The third-order valence-corrected chi connectivity index (χ3v) is 6.52. The molecular formula is C23H29F3N4O2. The third-order valence-electron chi connectivity index (χ3n) is 6.52. The van der Waals surface area contributed by atoms with Gasteiger partial charge >= 0.3 is 6.18 Å². The van der Waals surface area contributed by atoms with Crippen molar-refractivity contribution in [3.05, 3.63) is 47.3 Å². The number of hydrogen-bond acceptors (Lipinski definition) is 4. The maximum Gasteiger partial charge on any atom is 0.416 e. The van der Waals surface area contributed by atoms with Gasteiger partial charge in [-0.25, -0.2) is 4.68 Å². The average Bonchev–Trinajstić information content (AvgIpc) is 3.19. The number of alkyl halides is 3. The summed E-state index contributed by atoms with van der Waals surface area (Å²) < 4.78 is 46.0. The zero-order valence-electron chi connectivity index (χ0n) is 18.3. The van der Waals surface area contributed by atoms with Crippen LogP contribution >= 0.6 is 0 Å². The summed E-state index contributed by atoms with van der Waals surface area (Å²) in [6.45, 7) is 7.78. The maximum absolute atomic E-state index is 13.1. The van der Waals surface area contributed by atoms with Crippen LogP contribution in [0.15, 0.2) is 30.5 Å². The number of rotatable bonds is 5. The van der Waals surface area contributed by atoms with E-state index in [0.717, 1.165) is 64.2 Å². The smallest absolute Gasteiger partial charge is 0.379 e. The average molecular weight is 451 g/mol. The van der Waals surface area contributed by atoms with Crippen LogP contribution in [0.5, 0.6) is 0 Å². The first-order chi connectivity index (χ1) is 15.3. The molecule has 2 aliphatic heterocycles. The maximum atomic E-state index is 13.1. The monoisotopic (exact) mass is 450 g/mol. The summed E-state index contributed by atoms with van der Waals surface area (Å²) >= 11 is 0. The van der Waals surface area contributed by atoms with Crippen molar-refractivity contribution >= 4 is 5.91 Å². The molecule has 0 atom stereocenters. The topological polar surface area (TPSA) is 50.6 Å². The summed E-state index contributed by atoms with van der Waals surface area (Å²) in [7, 11) is 0. The minimum absolute atomic E-state index is 0.104. The highest BCUT2D eigenvalue weighted by atomic mass is 19.4. The molecule has 0 radical (unpaired) electrons. The summed E-state index contributed by atoms with van der Waals surface area (Å²) in [6, 6.07) is 4.98. The summed E-state index contributed by atoms with van der Waals surface area (Å²) in [6.07, 6.45) is 0.104. The third kappa shape index (κ3) is 5.15. The number of carbonyl (C=O) groups is 1. The predicted octanol–water partition coefficient (Wildman–Crippen LogP) is 3.77. The Morgan fingerprint density at radius 3 is 2.56 bits per heavy atom. The normalized spacial score (nSPS) is 18.8. The Morgan fingerprint density at radius 1 is 1.16 bits per heavy atom. The second-order valence-corrected chi connectivity index (χ2v) is 8.58. The van der Waals surface area contributed by atoms with Gasteiger partial charge in [0.1, 0.15) is 0 Å².